The van der Waals surface area contributed by atoms with Crippen LogP contribution in [0.4, 0.5) is 11.4 Å². The highest BCUT2D eigenvalue weighted by Crippen LogP contribution is 2.28. The van der Waals surface area contributed by atoms with Gasteiger partial charge in [0, 0.05) is 5.92 Å². The molecule has 0 unspecified atom stereocenters. The van der Waals surface area contributed by atoms with E-state index in [-0.39, 0.29) is 24.2 Å². The van der Waals surface area contributed by atoms with Crippen molar-refractivity contribution in [1.82, 2.24) is 0 Å². The van der Waals surface area contributed by atoms with Gasteiger partial charge in [-0.1, -0.05) is 25.3 Å². The summed E-state index contributed by atoms with van der Waals surface area (Å²) in [6.45, 7) is 1.91. The van der Waals surface area contributed by atoms with E-state index in [0.717, 1.165) is 31.2 Å². The Morgan fingerprint density at radius 3 is 2.59 bits per heavy atom. The average Bonchev–Trinajstić information content (AvgIpc) is 2.51. The summed E-state index contributed by atoms with van der Waals surface area (Å²) in [4.78, 5) is 24.0. The number of nitrogens with zero attached hydrogens (tertiary/aromatic N) is 1. The zero-order valence-electron chi connectivity index (χ0n) is 12.8. The Hall–Kier alpha value is -2.35. The van der Waals surface area contributed by atoms with Gasteiger partial charge in [-0.3, -0.25) is 9.59 Å². The van der Waals surface area contributed by atoms with E-state index in [9.17, 15) is 9.59 Å². The van der Waals surface area contributed by atoms with Gasteiger partial charge in [0.15, 0.2) is 0 Å². The number of nitrogens with one attached hydrogen (secondary N) is 2. The maximum Gasteiger partial charge on any atom is 0.238 e. The van der Waals surface area contributed by atoms with Gasteiger partial charge in [0.25, 0.3) is 0 Å². The number of nitriles is 1. The Morgan fingerprint density at radius 2 is 1.91 bits per heavy atom. The number of anilines is 2. The van der Waals surface area contributed by atoms with Crippen molar-refractivity contribution in [3.8, 4) is 6.07 Å². The molecule has 1 saturated carbocycles. The highest BCUT2D eigenvalue weighted by molar-refractivity contribution is 6.00. The summed E-state index contributed by atoms with van der Waals surface area (Å²) in [6.07, 6.45) is 5.03. The number of amides is 2. The first-order valence-electron chi connectivity index (χ1n) is 7.68. The molecule has 22 heavy (non-hydrogen) atoms. The molecule has 1 fully saturated rings. The molecule has 0 bridgehead atoms. The van der Waals surface area contributed by atoms with Crippen LogP contribution in [0.25, 0.3) is 0 Å². The predicted molar refractivity (Wildman–Crippen MR) is 85.2 cm³/mol. The van der Waals surface area contributed by atoms with Gasteiger partial charge in [-0.15, -0.1) is 0 Å². The van der Waals surface area contributed by atoms with Crippen molar-refractivity contribution in [2.24, 2.45) is 5.92 Å². The summed E-state index contributed by atoms with van der Waals surface area (Å²) < 4.78 is 0. The first kappa shape index (κ1) is 16.0. The van der Waals surface area contributed by atoms with E-state index in [2.05, 4.69) is 10.6 Å². The van der Waals surface area contributed by atoms with Crippen LogP contribution < -0.4 is 10.6 Å². The third-order valence-corrected chi connectivity index (χ3v) is 3.92. The van der Waals surface area contributed by atoms with E-state index >= 15 is 0 Å². The van der Waals surface area contributed by atoms with E-state index in [1.165, 1.54) is 6.42 Å². The standard InChI is InChI=1S/C17H21N3O2/c1-12-7-8-14(15(11-12)19-16(21)9-10-18)20-17(22)13-5-3-2-4-6-13/h7-8,11,13H,2-6,9H2,1H3,(H,19,21)(H,20,22). The molecule has 5 nitrogen and oxygen atoms in total. The van der Waals surface area contributed by atoms with Crippen molar-refractivity contribution in [2.75, 3.05) is 10.6 Å². The van der Waals surface area contributed by atoms with E-state index in [1.807, 2.05) is 19.1 Å². The zero-order chi connectivity index (χ0) is 15.9. The second-order valence-electron chi connectivity index (χ2n) is 5.76. The van der Waals surface area contributed by atoms with Crippen molar-refractivity contribution in [2.45, 2.75) is 45.4 Å². The molecule has 1 aromatic rings. The van der Waals surface area contributed by atoms with Crippen LogP contribution >= 0.6 is 0 Å². The van der Waals surface area contributed by atoms with E-state index < -0.39 is 0 Å². The molecular weight excluding hydrogens is 278 g/mol. The number of rotatable bonds is 4. The fourth-order valence-electron chi connectivity index (χ4n) is 2.74. The fourth-order valence-corrected chi connectivity index (χ4v) is 2.74. The van der Waals surface area contributed by atoms with Gasteiger partial charge in [-0.25, -0.2) is 0 Å². The van der Waals surface area contributed by atoms with Crippen LogP contribution in [0.5, 0.6) is 0 Å². The monoisotopic (exact) mass is 299 g/mol. The summed E-state index contributed by atoms with van der Waals surface area (Å²) in [5.41, 5.74) is 2.11. The average molecular weight is 299 g/mol. The largest absolute Gasteiger partial charge is 0.324 e. The molecule has 2 N–H and O–H groups in total. The molecule has 1 aliphatic rings. The molecule has 0 heterocycles. The number of hydrogen-bond acceptors (Lipinski definition) is 3. The van der Waals surface area contributed by atoms with Gasteiger partial charge >= 0.3 is 0 Å². The first-order valence-corrected chi connectivity index (χ1v) is 7.68. The van der Waals surface area contributed by atoms with Crippen molar-refractivity contribution in [3.05, 3.63) is 23.8 Å². The third-order valence-electron chi connectivity index (χ3n) is 3.92. The molecule has 2 amide bonds. The van der Waals surface area contributed by atoms with Crippen LogP contribution in [0.1, 0.15) is 44.1 Å². The van der Waals surface area contributed by atoms with Crippen LogP contribution in [-0.2, 0) is 9.59 Å². The molecular formula is C17H21N3O2. The number of carbonyl (C=O) groups excluding carboxylic acids is 2. The molecule has 0 aliphatic heterocycles. The van der Waals surface area contributed by atoms with Gasteiger partial charge in [-0.05, 0) is 37.5 Å². The topological polar surface area (TPSA) is 82.0 Å². The molecule has 0 spiro atoms. The van der Waals surface area contributed by atoms with Gasteiger partial charge in [-0.2, -0.15) is 5.26 Å². The molecule has 116 valence electrons. The number of carbonyl (C=O) groups is 2. The predicted octanol–water partition coefficient (Wildman–Crippen LogP) is 3.37. The normalized spacial score (nSPS) is 14.9. The van der Waals surface area contributed by atoms with Crippen molar-refractivity contribution >= 4 is 23.2 Å². The number of benzene rings is 1. The molecule has 0 saturated heterocycles. The summed E-state index contributed by atoms with van der Waals surface area (Å²) in [7, 11) is 0. The molecule has 0 aromatic heterocycles. The maximum absolute atomic E-state index is 12.3. The lowest BCUT2D eigenvalue weighted by molar-refractivity contribution is -0.120. The Bertz CT molecular complexity index is 598. The lowest BCUT2D eigenvalue weighted by Gasteiger charge is -2.21. The van der Waals surface area contributed by atoms with Crippen molar-refractivity contribution in [1.29, 1.82) is 5.26 Å². The Morgan fingerprint density at radius 1 is 1.18 bits per heavy atom. The Kier molecular flexibility index (Phi) is 5.54. The minimum Gasteiger partial charge on any atom is -0.324 e. The Labute approximate surface area is 130 Å². The van der Waals surface area contributed by atoms with E-state index in [0.29, 0.717) is 11.4 Å². The van der Waals surface area contributed by atoms with Gasteiger partial charge in [0.1, 0.15) is 6.42 Å². The molecule has 0 radical (unpaired) electrons. The van der Waals surface area contributed by atoms with Gasteiger partial charge < -0.3 is 10.6 Å². The van der Waals surface area contributed by atoms with Crippen molar-refractivity contribution in [3.63, 3.8) is 0 Å². The van der Waals surface area contributed by atoms with Crippen LogP contribution in [0.2, 0.25) is 0 Å². The lowest BCUT2D eigenvalue weighted by atomic mass is 9.88. The second kappa shape index (κ2) is 7.60. The van der Waals surface area contributed by atoms with Crippen molar-refractivity contribution < 1.29 is 9.59 Å². The zero-order valence-corrected chi connectivity index (χ0v) is 12.8. The molecule has 1 aromatic carbocycles. The highest BCUT2D eigenvalue weighted by atomic mass is 16.2. The van der Waals surface area contributed by atoms with Crippen LogP contribution in [-0.4, -0.2) is 11.8 Å². The SMILES string of the molecule is Cc1ccc(NC(=O)C2CCCCC2)c(NC(=O)CC#N)c1. The molecule has 1 aliphatic carbocycles. The smallest absolute Gasteiger partial charge is 0.238 e. The number of aryl methyl sites for hydroxylation is 1. The summed E-state index contributed by atoms with van der Waals surface area (Å²) in [5, 5.41) is 14.2. The molecule has 0 atom stereocenters. The Balaban J connectivity index is 2.10. The quantitative estimate of drug-likeness (QED) is 0.894. The second-order valence-corrected chi connectivity index (χ2v) is 5.76. The first-order chi connectivity index (χ1) is 10.6. The highest BCUT2D eigenvalue weighted by Gasteiger charge is 2.22. The van der Waals surface area contributed by atoms with E-state index in [4.69, 9.17) is 5.26 Å². The fraction of sp³-hybridized carbons (Fsp3) is 0.471. The summed E-state index contributed by atoms with van der Waals surface area (Å²) in [6, 6.07) is 7.29. The maximum atomic E-state index is 12.3. The number of hydrogen-bond donors (Lipinski definition) is 2. The third kappa shape index (κ3) is 4.32. The minimum absolute atomic E-state index is 0.0133. The van der Waals surface area contributed by atoms with Crippen LogP contribution in [0.15, 0.2) is 18.2 Å². The summed E-state index contributed by atoms with van der Waals surface area (Å²) in [5.74, 6) is -0.307. The van der Waals surface area contributed by atoms with Gasteiger partial charge in [0.2, 0.25) is 11.8 Å². The van der Waals surface area contributed by atoms with Gasteiger partial charge in [0.05, 0.1) is 17.4 Å². The van der Waals surface area contributed by atoms with E-state index in [1.54, 1.807) is 12.1 Å². The molecule has 2 rings (SSSR count). The summed E-state index contributed by atoms with van der Waals surface area (Å²) >= 11 is 0. The van der Waals surface area contributed by atoms with Crippen LogP contribution in [0, 0.1) is 24.2 Å². The molecule has 5 heteroatoms. The lowest BCUT2D eigenvalue weighted by Crippen LogP contribution is -2.25. The van der Waals surface area contributed by atoms with Crippen LogP contribution in [0.3, 0.4) is 0 Å². The minimum atomic E-state index is -0.374.